The van der Waals surface area contributed by atoms with Crippen molar-refractivity contribution < 1.29 is 15.0 Å². The van der Waals surface area contributed by atoms with Gasteiger partial charge in [0.15, 0.2) is 0 Å². The van der Waals surface area contributed by atoms with Gasteiger partial charge in [0.2, 0.25) is 0 Å². The van der Waals surface area contributed by atoms with Crippen LogP contribution in [0.25, 0.3) is 0 Å². The molecule has 1 aromatic rings. The number of phenolic OH excluding ortho intramolecular Hbond substituents is 1. The smallest absolute Gasteiger partial charge is 0.405 e. The zero-order valence-corrected chi connectivity index (χ0v) is 8.94. The van der Waals surface area contributed by atoms with Gasteiger partial charge in [0.1, 0.15) is 5.75 Å². The summed E-state index contributed by atoms with van der Waals surface area (Å²) in [6.45, 7) is 0. The first kappa shape index (κ1) is 10.8. The predicted molar refractivity (Wildman–Crippen MR) is 59.4 cm³/mol. The van der Waals surface area contributed by atoms with Crippen LogP contribution in [0.5, 0.6) is 5.75 Å². The van der Waals surface area contributed by atoms with Gasteiger partial charge in [-0.15, -0.1) is 0 Å². The number of hydrogen-bond acceptors (Lipinski definition) is 2. The Balaban J connectivity index is 2.35. The van der Waals surface area contributed by atoms with E-state index in [1.807, 2.05) is 6.07 Å². The Morgan fingerprint density at radius 1 is 1.31 bits per heavy atom. The van der Waals surface area contributed by atoms with Crippen molar-refractivity contribution in [2.24, 2.45) is 0 Å². The number of carbonyl (C=O) groups is 1. The van der Waals surface area contributed by atoms with E-state index < -0.39 is 11.6 Å². The first-order chi connectivity index (χ1) is 7.62. The maximum atomic E-state index is 10.8. The third-order valence-corrected chi connectivity index (χ3v) is 3.20. The predicted octanol–water partition coefficient (Wildman–Crippen LogP) is 2.43. The monoisotopic (exact) mass is 221 g/mol. The van der Waals surface area contributed by atoms with E-state index in [9.17, 15) is 9.90 Å². The van der Waals surface area contributed by atoms with E-state index in [0.29, 0.717) is 0 Å². The molecular weight excluding hydrogens is 206 g/mol. The van der Waals surface area contributed by atoms with Gasteiger partial charge >= 0.3 is 6.09 Å². The van der Waals surface area contributed by atoms with Gasteiger partial charge in [0.05, 0.1) is 5.54 Å². The lowest BCUT2D eigenvalue weighted by Crippen LogP contribution is -2.42. The molecule has 1 fully saturated rings. The molecule has 86 valence electrons. The first-order valence-corrected chi connectivity index (χ1v) is 5.43. The average Bonchev–Trinajstić information content (AvgIpc) is 2.66. The van der Waals surface area contributed by atoms with E-state index in [2.05, 4.69) is 5.32 Å². The largest absolute Gasteiger partial charge is 0.508 e. The Labute approximate surface area is 93.9 Å². The summed E-state index contributed by atoms with van der Waals surface area (Å²) in [6.07, 6.45) is 2.60. The van der Waals surface area contributed by atoms with Gasteiger partial charge in [-0.1, -0.05) is 25.0 Å². The zero-order valence-electron chi connectivity index (χ0n) is 8.94. The van der Waals surface area contributed by atoms with E-state index in [-0.39, 0.29) is 5.75 Å². The minimum Gasteiger partial charge on any atom is -0.508 e. The van der Waals surface area contributed by atoms with Crippen LogP contribution in [0.2, 0.25) is 0 Å². The van der Waals surface area contributed by atoms with Crippen LogP contribution < -0.4 is 5.32 Å². The highest BCUT2D eigenvalue weighted by atomic mass is 16.4. The van der Waals surface area contributed by atoms with Crippen molar-refractivity contribution in [1.29, 1.82) is 0 Å². The molecule has 0 bridgehead atoms. The maximum Gasteiger partial charge on any atom is 0.405 e. The highest BCUT2D eigenvalue weighted by Gasteiger charge is 2.37. The van der Waals surface area contributed by atoms with Crippen molar-refractivity contribution in [2.45, 2.75) is 31.2 Å². The van der Waals surface area contributed by atoms with Crippen LogP contribution in [0.15, 0.2) is 24.3 Å². The Bertz CT molecular complexity index is 397. The zero-order chi connectivity index (χ0) is 11.6. The van der Waals surface area contributed by atoms with Crippen LogP contribution in [-0.2, 0) is 5.54 Å². The summed E-state index contributed by atoms with van der Waals surface area (Å²) in [4.78, 5) is 10.8. The fourth-order valence-electron chi connectivity index (χ4n) is 2.47. The highest BCUT2D eigenvalue weighted by molar-refractivity contribution is 5.66. The number of amides is 1. The number of phenols is 1. The van der Waals surface area contributed by atoms with Crippen LogP contribution in [0.1, 0.15) is 31.2 Å². The van der Waals surface area contributed by atoms with Crippen LogP contribution in [-0.4, -0.2) is 16.3 Å². The van der Waals surface area contributed by atoms with Gasteiger partial charge < -0.3 is 15.5 Å². The second-order valence-corrected chi connectivity index (χ2v) is 4.27. The molecular formula is C12H15NO3. The summed E-state index contributed by atoms with van der Waals surface area (Å²) in [5, 5.41) is 20.9. The topological polar surface area (TPSA) is 69.6 Å². The summed E-state index contributed by atoms with van der Waals surface area (Å²) in [6, 6.07) is 6.84. The molecule has 0 aliphatic heterocycles. The highest BCUT2D eigenvalue weighted by Crippen LogP contribution is 2.39. The Kier molecular flexibility index (Phi) is 2.73. The number of hydrogen-bond donors (Lipinski definition) is 3. The van der Waals surface area contributed by atoms with Crippen LogP contribution >= 0.6 is 0 Å². The molecule has 3 N–H and O–H groups in total. The number of benzene rings is 1. The number of rotatable bonds is 2. The van der Waals surface area contributed by atoms with Gasteiger partial charge in [-0.3, -0.25) is 0 Å². The summed E-state index contributed by atoms with van der Waals surface area (Å²) in [5.74, 6) is 0.177. The molecule has 1 aliphatic rings. The molecule has 1 aliphatic carbocycles. The fraction of sp³-hybridized carbons (Fsp3) is 0.417. The lowest BCUT2D eigenvalue weighted by Gasteiger charge is -2.29. The molecule has 0 radical (unpaired) electrons. The molecule has 0 spiro atoms. The van der Waals surface area contributed by atoms with Crippen molar-refractivity contribution in [2.75, 3.05) is 0 Å². The van der Waals surface area contributed by atoms with Gasteiger partial charge in [-0.25, -0.2) is 4.79 Å². The summed E-state index contributed by atoms with van der Waals surface area (Å²) >= 11 is 0. The number of carboxylic acid groups (broad SMARTS) is 1. The van der Waals surface area contributed by atoms with Crippen molar-refractivity contribution in [3.05, 3.63) is 29.8 Å². The third kappa shape index (κ3) is 1.96. The SMILES string of the molecule is O=C(O)NC1(c2cccc(O)c2)CCCC1. The average molecular weight is 221 g/mol. The lowest BCUT2D eigenvalue weighted by atomic mass is 9.88. The molecule has 1 saturated carbocycles. The van der Waals surface area contributed by atoms with Crippen LogP contribution in [0, 0.1) is 0 Å². The molecule has 16 heavy (non-hydrogen) atoms. The van der Waals surface area contributed by atoms with Crippen LogP contribution in [0.4, 0.5) is 4.79 Å². The van der Waals surface area contributed by atoms with E-state index in [0.717, 1.165) is 31.2 Å². The number of aromatic hydroxyl groups is 1. The minimum atomic E-state index is -1.01. The van der Waals surface area contributed by atoms with E-state index in [1.165, 1.54) is 0 Å². The normalized spacial score (nSPS) is 18.2. The number of nitrogens with one attached hydrogen (secondary N) is 1. The van der Waals surface area contributed by atoms with E-state index in [1.54, 1.807) is 18.2 Å². The Morgan fingerprint density at radius 2 is 2.00 bits per heavy atom. The van der Waals surface area contributed by atoms with Crippen molar-refractivity contribution in [3.8, 4) is 5.75 Å². The van der Waals surface area contributed by atoms with Crippen LogP contribution in [0.3, 0.4) is 0 Å². The van der Waals surface area contributed by atoms with Crippen molar-refractivity contribution in [1.82, 2.24) is 5.32 Å². The minimum absolute atomic E-state index is 0.177. The van der Waals surface area contributed by atoms with Crippen molar-refractivity contribution >= 4 is 6.09 Å². The molecule has 0 atom stereocenters. The molecule has 1 aromatic carbocycles. The molecule has 0 heterocycles. The quantitative estimate of drug-likeness (QED) is 0.718. The van der Waals surface area contributed by atoms with Gasteiger partial charge in [0.25, 0.3) is 0 Å². The van der Waals surface area contributed by atoms with E-state index >= 15 is 0 Å². The lowest BCUT2D eigenvalue weighted by molar-refractivity contribution is 0.177. The molecule has 0 unspecified atom stereocenters. The molecule has 4 nitrogen and oxygen atoms in total. The molecule has 4 heteroatoms. The summed E-state index contributed by atoms with van der Waals surface area (Å²) in [7, 11) is 0. The third-order valence-electron chi connectivity index (χ3n) is 3.20. The molecule has 1 amide bonds. The second kappa shape index (κ2) is 4.04. The van der Waals surface area contributed by atoms with Crippen molar-refractivity contribution in [3.63, 3.8) is 0 Å². The van der Waals surface area contributed by atoms with E-state index in [4.69, 9.17) is 5.11 Å². The summed E-state index contributed by atoms with van der Waals surface area (Å²) < 4.78 is 0. The molecule has 0 saturated heterocycles. The Hall–Kier alpha value is -1.71. The second-order valence-electron chi connectivity index (χ2n) is 4.27. The summed E-state index contributed by atoms with van der Waals surface area (Å²) in [5.41, 5.74) is 0.345. The van der Waals surface area contributed by atoms with Gasteiger partial charge in [0, 0.05) is 0 Å². The Morgan fingerprint density at radius 3 is 2.56 bits per heavy atom. The molecule has 2 rings (SSSR count). The first-order valence-electron chi connectivity index (χ1n) is 5.43. The maximum absolute atomic E-state index is 10.8. The van der Waals surface area contributed by atoms with Gasteiger partial charge in [-0.05, 0) is 30.5 Å². The molecule has 0 aromatic heterocycles. The standard InChI is InChI=1S/C12H15NO3/c14-10-5-3-4-9(8-10)12(13-11(15)16)6-1-2-7-12/h3-5,8,13-14H,1-2,6-7H2,(H,15,16). The fourth-order valence-corrected chi connectivity index (χ4v) is 2.47. The van der Waals surface area contributed by atoms with Gasteiger partial charge in [-0.2, -0.15) is 0 Å².